The number of aryl methyl sites for hydroxylation is 1. The van der Waals surface area contributed by atoms with E-state index in [2.05, 4.69) is 10.3 Å². The number of halogens is 3. The Morgan fingerprint density at radius 2 is 1.93 bits per heavy atom. The minimum absolute atomic E-state index is 0.0601. The van der Waals surface area contributed by atoms with Gasteiger partial charge in [-0.1, -0.05) is 30.3 Å². The molecule has 2 amide bonds. The summed E-state index contributed by atoms with van der Waals surface area (Å²) >= 11 is 1.07. The summed E-state index contributed by atoms with van der Waals surface area (Å²) in [6, 6.07) is 6.52. The minimum Gasteiger partial charge on any atom is -0.469 e. The van der Waals surface area contributed by atoms with Crippen molar-refractivity contribution in [1.82, 2.24) is 10.3 Å². The number of carbonyl (C=O) groups excluding carboxylic acids is 2. The standard InChI is InChI=1S/C19H16F3N3O3S/c1-11-14(7-8-28-11)17(27)25-18-23-13(10-29-18)9-15(26)24-16(19(20,21)22)12-5-3-2-4-6-12/h2-8,10,16H,9H2,1H3,(H,24,26)(H,23,25,27). The number of hydrogen-bond donors (Lipinski definition) is 2. The van der Waals surface area contributed by atoms with Gasteiger partial charge in [-0.3, -0.25) is 14.9 Å². The molecule has 0 radical (unpaired) electrons. The van der Waals surface area contributed by atoms with Crippen molar-refractivity contribution in [3.05, 3.63) is 70.6 Å². The average Bonchev–Trinajstić information content (AvgIpc) is 3.28. The molecule has 0 bridgehead atoms. The number of nitrogens with zero attached hydrogens (tertiary/aromatic N) is 1. The van der Waals surface area contributed by atoms with Crippen LogP contribution in [0.5, 0.6) is 0 Å². The van der Waals surface area contributed by atoms with Crippen LogP contribution in [-0.4, -0.2) is 23.0 Å². The third kappa shape index (κ3) is 5.23. The van der Waals surface area contributed by atoms with Gasteiger partial charge in [0.1, 0.15) is 5.76 Å². The smallest absolute Gasteiger partial charge is 0.412 e. The van der Waals surface area contributed by atoms with Crippen LogP contribution in [0.15, 0.2) is 52.5 Å². The Balaban J connectivity index is 1.63. The number of alkyl halides is 3. The highest BCUT2D eigenvalue weighted by Crippen LogP contribution is 2.32. The molecular formula is C19H16F3N3O3S. The number of nitrogens with one attached hydrogen (secondary N) is 2. The maximum absolute atomic E-state index is 13.3. The van der Waals surface area contributed by atoms with E-state index < -0.39 is 24.0 Å². The first kappa shape index (κ1) is 20.6. The van der Waals surface area contributed by atoms with E-state index in [9.17, 15) is 22.8 Å². The Morgan fingerprint density at radius 1 is 1.21 bits per heavy atom. The second-order valence-electron chi connectivity index (χ2n) is 6.12. The summed E-state index contributed by atoms with van der Waals surface area (Å²) in [5, 5.41) is 6.30. The monoisotopic (exact) mass is 423 g/mol. The molecule has 0 aliphatic carbocycles. The summed E-state index contributed by atoms with van der Waals surface area (Å²) < 4.78 is 45.1. The van der Waals surface area contributed by atoms with Crippen molar-refractivity contribution in [2.24, 2.45) is 0 Å². The zero-order valence-electron chi connectivity index (χ0n) is 15.1. The maximum atomic E-state index is 13.3. The second-order valence-corrected chi connectivity index (χ2v) is 6.98. The molecule has 1 unspecified atom stereocenters. The minimum atomic E-state index is -4.64. The number of benzene rings is 1. The van der Waals surface area contributed by atoms with E-state index in [4.69, 9.17) is 4.42 Å². The van der Waals surface area contributed by atoms with Crippen LogP contribution < -0.4 is 10.6 Å². The fraction of sp³-hybridized carbons (Fsp3) is 0.211. The van der Waals surface area contributed by atoms with Crippen LogP contribution in [0, 0.1) is 6.92 Å². The van der Waals surface area contributed by atoms with Gasteiger partial charge >= 0.3 is 6.18 Å². The molecule has 0 fully saturated rings. The Morgan fingerprint density at radius 3 is 2.55 bits per heavy atom. The molecule has 2 N–H and O–H groups in total. The summed E-state index contributed by atoms with van der Waals surface area (Å²) in [6.45, 7) is 1.64. The first-order chi connectivity index (χ1) is 13.7. The molecule has 1 aromatic carbocycles. The second kappa shape index (κ2) is 8.48. The van der Waals surface area contributed by atoms with E-state index in [1.54, 1.807) is 13.0 Å². The number of thiazole rings is 1. The van der Waals surface area contributed by atoms with Gasteiger partial charge in [-0.15, -0.1) is 11.3 Å². The van der Waals surface area contributed by atoms with E-state index in [0.29, 0.717) is 11.3 Å². The van der Waals surface area contributed by atoms with E-state index in [-0.39, 0.29) is 22.8 Å². The molecule has 0 saturated carbocycles. The lowest BCUT2D eigenvalue weighted by Crippen LogP contribution is -2.38. The number of anilines is 1. The summed E-state index contributed by atoms with van der Waals surface area (Å²) in [5.74, 6) is -0.814. The molecule has 6 nitrogen and oxygen atoms in total. The van der Waals surface area contributed by atoms with Crippen molar-refractivity contribution >= 4 is 28.3 Å². The van der Waals surface area contributed by atoms with Crippen molar-refractivity contribution in [3.63, 3.8) is 0 Å². The van der Waals surface area contributed by atoms with E-state index >= 15 is 0 Å². The normalized spacial score (nSPS) is 12.4. The van der Waals surface area contributed by atoms with Gasteiger partial charge in [0, 0.05) is 5.38 Å². The first-order valence-electron chi connectivity index (χ1n) is 8.45. The summed E-state index contributed by atoms with van der Waals surface area (Å²) in [4.78, 5) is 28.4. The van der Waals surface area contributed by atoms with E-state index in [1.807, 2.05) is 5.32 Å². The predicted octanol–water partition coefficient (Wildman–Crippen LogP) is 4.26. The highest BCUT2D eigenvalue weighted by Gasteiger charge is 2.41. The highest BCUT2D eigenvalue weighted by atomic mass is 32.1. The van der Waals surface area contributed by atoms with Crippen LogP contribution in [-0.2, 0) is 11.2 Å². The topological polar surface area (TPSA) is 84.2 Å². The fourth-order valence-electron chi connectivity index (χ4n) is 2.61. The number of hydrogen-bond acceptors (Lipinski definition) is 5. The van der Waals surface area contributed by atoms with Gasteiger partial charge in [-0.25, -0.2) is 4.98 Å². The number of furan rings is 1. The molecule has 29 heavy (non-hydrogen) atoms. The number of amides is 2. The van der Waals surface area contributed by atoms with E-state index in [1.165, 1.54) is 42.0 Å². The van der Waals surface area contributed by atoms with Crippen LogP contribution in [0.2, 0.25) is 0 Å². The van der Waals surface area contributed by atoms with Crippen molar-refractivity contribution in [3.8, 4) is 0 Å². The number of carbonyl (C=O) groups is 2. The SMILES string of the molecule is Cc1occc1C(=O)Nc1nc(CC(=O)NC(c2ccccc2)C(F)(F)F)cs1. The number of rotatable bonds is 6. The molecule has 1 atom stereocenters. The van der Waals surface area contributed by atoms with Gasteiger partial charge in [0.2, 0.25) is 5.91 Å². The molecule has 3 aromatic rings. The molecule has 10 heteroatoms. The van der Waals surface area contributed by atoms with Gasteiger partial charge in [0.05, 0.1) is 23.9 Å². The van der Waals surface area contributed by atoms with Gasteiger partial charge in [-0.05, 0) is 18.6 Å². The zero-order valence-corrected chi connectivity index (χ0v) is 15.9. The third-order valence-corrected chi connectivity index (χ3v) is 4.79. The largest absolute Gasteiger partial charge is 0.469 e. The van der Waals surface area contributed by atoms with Crippen molar-refractivity contribution in [1.29, 1.82) is 0 Å². The number of aromatic nitrogens is 1. The van der Waals surface area contributed by atoms with Crippen LogP contribution in [0.4, 0.5) is 18.3 Å². The Labute approximate surface area is 167 Å². The van der Waals surface area contributed by atoms with E-state index in [0.717, 1.165) is 11.3 Å². The summed E-state index contributed by atoms with van der Waals surface area (Å²) in [6.07, 6.45) is -3.61. The van der Waals surface area contributed by atoms with Gasteiger partial charge in [0.15, 0.2) is 11.2 Å². The van der Waals surface area contributed by atoms with Crippen LogP contribution in [0.3, 0.4) is 0 Å². The zero-order chi connectivity index (χ0) is 21.0. The van der Waals surface area contributed by atoms with Crippen molar-refractivity contribution < 1.29 is 27.2 Å². The highest BCUT2D eigenvalue weighted by molar-refractivity contribution is 7.14. The van der Waals surface area contributed by atoms with Gasteiger partial charge in [0.25, 0.3) is 5.91 Å². The van der Waals surface area contributed by atoms with Gasteiger partial charge in [-0.2, -0.15) is 13.2 Å². The van der Waals surface area contributed by atoms with Crippen molar-refractivity contribution in [2.75, 3.05) is 5.32 Å². The van der Waals surface area contributed by atoms with Crippen LogP contribution in [0.1, 0.15) is 33.4 Å². The van der Waals surface area contributed by atoms with Crippen LogP contribution >= 0.6 is 11.3 Å². The molecule has 0 aliphatic rings. The third-order valence-electron chi connectivity index (χ3n) is 3.98. The lowest BCUT2D eigenvalue weighted by Gasteiger charge is -2.21. The summed E-state index contributed by atoms with van der Waals surface area (Å²) in [5.41, 5.74) is 0.533. The Bertz CT molecular complexity index is 999. The molecule has 2 aromatic heterocycles. The van der Waals surface area contributed by atoms with Crippen molar-refractivity contribution in [2.45, 2.75) is 25.6 Å². The molecule has 0 spiro atoms. The van der Waals surface area contributed by atoms with Crippen LogP contribution in [0.25, 0.3) is 0 Å². The first-order valence-corrected chi connectivity index (χ1v) is 9.33. The molecule has 2 heterocycles. The molecule has 152 valence electrons. The maximum Gasteiger partial charge on any atom is 0.412 e. The predicted molar refractivity (Wildman–Crippen MR) is 101 cm³/mol. The van der Waals surface area contributed by atoms with Gasteiger partial charge < -0.3 is 9.73 Å². The molecular weight excluding hydrogens is 407 g/mol. The molecule has 0 saturated heterocycles. The Hall–Kier alpha value is -3.14. The molecule has 0 aliphatic heterocycles. The fourth-order valence-corrected chi connectivity index (χ4v) is 3.31. The summed E-state index contributed by atoms with van der Waals surface area (Å²) in [7, 11) is 0. The lowest BCUT2D eigenvalue weighted by atomic mass is 10.1. The molecule has 3 rings (SSSR count). The quantitative estimate of drug-likeness (QED) is 0.621. The lowest BCUT2D eigenvalue weighted by molar-refractivity contribution is -0.163. The Kier molecular flexibility index (Phi) is 6.02. The average molecular weight is 423 g/mol.